The van der Waals surface area contributed by atoms with Gasteiger partial charge in [-0.1, -0.05) is 176 Å². The van der Waals surface area contributed by atoms with Crippen LogP contribution in [-0.4, -0.2) is 153 Å². The summed E-state index contributed by atoms with van der Waals surface area (Å²) in [5, 5.41) is 23.6. The molecule has 109 heavy (non-hydrogen) atoms. The third-order valence-corrected chi connectivity index (χ3v) is 24.6. The number of imide groups is 3. The van der Waals surface area contributed by atoms with Gasteiger partial charge in [-0.3, -0.25) is 34.3 Å². The number of amides is 9. The average Bonchev–Trinajstić information content (AvgIpc) is 1.04. The number of aliphatic hydroxyl groups is 1. The summed E-state index contributed by atoms with van der Waals surface area (Å²) >= 11 is 11.4. The second-order valence-corrected chi connectivity index (χ2v) is 30.7. The van der Waals surface area contributed by atoms with Gasteiger partial charge in [-0.2, -0.15) is 0 Å². The normalized spacial score (nSPS) is 12.6. The van der Waals surface area contributed by atoms with Crippen LogP contribution in [0, 0.1) is 20.8 Å². The van der Waals surface area contributed by atoms with Crippen molar-refractivity contribution in [3.05, 3.63) is 277 Å². The summed E-state index contributed by atoms with van der Waals surface area (Å²) in [5.41, 5.74) is 16.7. The van der Waals surface area contributed by atoms with Crippen LogP contribution in [0.2, 0.25) is 0 Å². The Bertz CT molecular complexity index is 4530. The minimum absolute atomic E-state index is 0. The topological polar surface area (TPSA) is 329 Å². The molecule has 25 nitrogen and oxygen atoms in total. The standard InChI is InChI=1S/C18H15P2S.C16H16N4O2.C15H15N5O2.C12H11ClN2.C12H12N2O.C4H6N2O2.CH2O3.2K.H/c21-19-20(16-10-4-1-5-11-16,17-12-6-2-7-13-17)18-14-8-3-9-15-18;1-11-8-17-13(9-20-14(21)10-19(2)16(20)22)18-15(11)12-6-4-3-5-7-12;1-19-9-13(21)20(15(19)22)8-12-17-7-11(16)14(18-12)10-5-3-2-4-6-10;1-9-8-14-11(7-13)15-12(9)10-5-3-2-4-6-10;1-9-7-13-11(8-15)14-12(9)10-5-3-2-4-6-10;1-6-2-3(7)5-4(6)8;2-1-4-3;;;/h1-15H;3-8H,9-10H2,1-2H3;2-7H,8-9,16H2,1H3;2-6,8H,7H2,1H3;2-7,15H,8H2,1H3;2H2,1H3,(H,5,7,8);1,3H;;;/q+1;;;;;;;2*+1;-1/p-1. The molecule has 11 aromatic rings. The number of hydrogen-bond acceptors (Lipinski definition) is 20. The van der Waals surface area contributed by atoms with Crippen LogP contribution in [0.3, 0.4) is 0 Å². The average molecular weight is 1590 g/mol. The van der Waals surface area contributed by atoms with E-state index in [0.29, 0.717) is 40.6 Å². The number of carbonyl (C=O) groups is 7. The van der Waals surface area contributed by atoms with Crippen LogP contribution in [0.25, 0.3) is 45.0 Å². The van der Waals surface area contributed by atoms with E-state index >= 15 is 0 Å². The molecule has 0 radical (unpaired) electrons. The fourth-order valence-corrected chi connectivity index (χ4v) is 18.4. The number of nitrogens with two attached hydrogens (primary N) is 1. The molecule has 548 valence electrons. The number of benzene rings is 7. The molecule has 14 rings (SSSR count). The number of urea groups is 3. The number of aromatic nitrogens is 8. The molecule has 0 unspecified atom stereocenters. The molecule has 0 saturated carbocycles. The number of halogens is 1. The maximum Gasteiger partial charge on any atom is 1.00 e. The van der Waals surface area contributed by atoms with E-state index < -0.39 is 6.95 Å². The summed E-state index contributed by atoms with van der Waals surface area (Å²) in [7, 11) is 5.76. The molecule has 4 N–H and O–H groups in total. The zero-order valence-electron chi connectivity index (χ0n) is 62.2. The molecule has 3 aliphatic heterocycles. The number of alkyl halides is 1. The van der Waals surface area contributed by atoms with Gasteiger partial charge in [-0.05, 0) is 85.7 Å². The number of nitrogen functional groups attached to an aromatic ring is 1. The van der Waals surface area contributed by atoms with Gasteiger partial charge in [0.15, 0.2) is 19.8 Å². The van der Waals surface area contributed by atoms with E-state index in [1.54, 1.807) is 33.5 Å². The zero-order chi connectivity index (χ0) is 76.8. The van der Waals surface area contributed by atoms with Crippen LogP contribution in [0.1, 0.15) is 41.4 Å². The van der Waals surface area contributed by atoms with Crippen LogP contribution < -0.4 is 135 Å². The number of anilines is 1. The molecule has 9 amide bonds. The van der Waals surface area contributed by atoms with E-state index in [0.717, 1.165) is 68.0 Å². The van der Waals surface area contributed by atoms with E-state index in [4.69, 9.17) is 44.3 Å². The minimum Gasteiger partial charge on any atom is -1.00 e. The number of hydrogen-bond donors (Lipinski definition) is 3. The van der Waals surface area contributed by atoms with Crippen LogP contribution in [-0.2, 0) is 61.4 Å². The molecule has 31 heteroatoms. The largest absolute Gasteiger partial charge is 1.00 e. The van der Waals surface area contributed by atoms with Crippen LogP contribution in [0.15, 0.2) is 237 Å². The Labute approximate surface area is 730 Å². The van der Waals surface area contributed by atoms with Gasteiger partial charge in [0.25, 0.3) is 18.3 Å². The summed E-state index contributed by atoms with van der Waals surface area (Å²) in [6.45, 7) is 4.37. The number of aliphatic hydroxyl groups excluding tert-OH is 1. The number of rotatable bonds is 15. The summed E-state index contributed by atoms with van der Waals surface area (Å²) < 4.78 is 0. The van der Waals surface area contributed by atoms with Crippen molar-refractivity contribution in [2.75, 3.05) is 46.5 Å². The molecule has 0 aliphatic carbocycles. The first-order chi connectivity index (χ1) is 51.7. The van der Waals surface area contributed by atoms with Crippen LogP contribution in [0.5, 0.6) is 0 Å². The van der Waals surface area contributed by atoms with Gasteiger partial charge in [0.2, 0.25) is 5.91 Å². The minimum atomic E-state index is -1.75. The maximum atomic E-state index is 11.9. The Morgan fingerprint density at radius 2 is 0.807 bits per heavy atom. The monoisotopic (exact) mass is 1590 g/mol. The molecular weight excluding hydrogens is 1510 g/mol. The van der Waals surface area contributed by atoms with E-state index in [-0.39, 0.29) is 186 Å². The van der Waals surface area contributed by atoms with Crippen molar-refractivity contribution < 1.29 is 153 Å². The number of nitrogens with one attached hydrogen (secondary N) is 1. The molecule has 3 fully saturated rings. The van der Waals surface area contributed by atoms with Crippen LogP contribution >= 0.6 is 25.6 Å². The number of nitrogens with zero attached hydrogens (tertiary/aromatic N) is 13. The molecule has 3 saturated heterocycles. The predicted octanol–water partition coefficient (Wildman–Crippen LogP) is 4.13. The molecule has 7 aromatic carbocycles. The van der Waals surface area contributed by atoms with Gasteiger partial charge >= 0.3 is 121 Å². The van der Waals surface area contributed by atoms with Crippen molar-refractivity contribution in [1.82, 2.24) is 69.7 Å². The van der Waals surface area contributed by atoms with Gasteiger partial charge in [-0.15, -0.1) is 11.6 Å². The smallest absolute Gasteiger partial charge is 1.00 e. The first-order valence-electron chi connectivity index (χ1n) is 33.0. The number of aryl methyl sites for hydroxylation is 3. The van der Waals surface area contributed by atoms with Crippen molar-refractivity contribution in [1.29, 1.82) is 0 Å². The Morgan fingerprint density at radius 1 is 0.505 bits per heavy atom. The van der Waals surface area contributed by atoms with Gasteiger partial charge in [0.1, 0.15) is 59.6 Å². The SMILES string of the molecule is CN1CC(=O)N(Cc2ncc(N)c(-c3ccccc3)n2)C1=O.CN1CC(=O)NC1=O.Cc1cnc(CCl)nc1-c1ccccc1.Cc1cnc(CN2C(=O)CN(C)C2=O)nc1-c1ccccc1.Cc1cnc(CO)nc1-c1ccccc1.O=CO[O-].S=P[P+](c1ccccc1)(c1ccccc1)c1ccccc1.[H-].[K+].[K+]. The van der Waals surface area contributed by atoms with Gasteiger partial charge < -0.3 is 37.1 Å². The first-order valence-corrected chi connectivity index (χ1v) is 37.9. The Hall–Kier alpha value is -8.62. The second kappa shape index (κ2) is 45.5. The maximum absolute atomic E-state index is 11.9. The fourth-order valence-electron chi connectivity index (χ4n) is 10.6. The first kappa shape index (κ1) is 89.3. The molecule has 0 spiro atoms. The third kappa shape index (κ3) is 25.2. The van der Waals surface area contributed by atoms with Crippen molar-refractivity contribution in [2.45, 2.75) is 46.3 Å². The third-order valence-electron chi connectivity index (χ3n) is 16.0. The quantitative estimate of drug-likeness (QED) is 0.0247. The van der Waals surface area contributed by atoms with E-state index in [9.17, 15) is 28.8 Å². The van der Waals surface area contributed by atoms with Gasteiger partial charge in [-0.25, -0.2) is 54.3 Å². The fraction of sp³-hybridized carbons (Fsp3) is 0.167. The van der Waals surface area contributed by atoms with Crippen LogP contribution in [0.4, 0.5) is 20.1 Å². The van der Waals surface area contributed by atoms with Crippen molar-refractivity contribution in [3.8, 4) is 45.0 Å². The molecule has 3 aliphatic rings. The van der Waals surface area contributed by atoms with E-state index in [1.165, 1.54) is 41.7 Å². The second-order valence-electron chi connectivity index (χ2n) is 23.7. The Kier molecular flexibility index (Phi) is 37.3. The molecule has 7 heterocycles. The molecule has 0 bridgehead atoms. The molecule has 4 aromatic heterocycles. The van der Waals surface area contributed by atoms with E-state index in [2.05, 4.69) is 141 Å². The van der Waals surface area contributed by atoms with Gasteiger partial charge in [0.05, 0.1) is 53.6 Å². The zero-order valence-corrected chi connectivity index (χ0v) is 70.8. The Morgan fingerprint density at radius 3 is 1.09 bits per heavy atom. The molecular formula is C78H77ClK2N15O10P2S+. The summed E-state index contributed by atoms with van der Waals surface area (Å²) in [4.78, 5) is 120. The number of likely N-dealkylation sites (N-methyl/N-ethyl adjacent to an activating group) is 3. The van der Waals surface area contributed by atoms with Crippen molar-refractivity contribution >= 4 is 101 Å². The predicted molar refractivity (Wildman–Crippen MR) is 415 cm³/mol. The van der Waals surface area contributed by atoms with Crippen molar-refractivity contribution in [2.24, 2.45) is 0 Å². The number of carbonyl (C=O) groups excluding carboxylic acids is 7. The van der Waals surface area contributed by atoms with Crippen molar-refractivity contribution in [3.63, 3.8) is 0 Å². The summed E-state index contributed by atoms with van der Waals surface area (Å²) in [6, 6.07) is 70.3. The summed E-state index contributed by atoms with van der Waals surface area (Å²) in [6.07, 6.45) is 6.77. The Balaban J connectivity index is 0.000000237. The van der Waals surface area contributed by atoms with Gasteiger partial charge in [0, 0.05) is 62.0 Å². The summed E-state index contributed by atoms with van der Waals surface area (Å²) in [5.74, 6) is 1.61. The molecule has 0 atom stereocenters. The van der Waals surface area contributed by atoms with E-state index in [1.807, 2.05) is 148 Å².